The van der Waals surface area contributed by atoms with E-state index >= 15 is 0 Å². The summed E-state index contributed by atoms with van der Waals surface area (Å²) in [5, 5.41) is 15.1. The minimum absolute atomic E-state index is 0.247. The number of carboxylic acid groups (broad SMARTS) is 1. The van der Waals surface area contributed by atoms with Gasteiger partial charge in [-0.25, -0.2) is 0 Å². The molecule has 0 aromatic carbocycles. The molecule has 1 rings (SSSR count). The van der Waals surface area contributed by atoms with Crippen LogP contribution in [0.3, 0.4) is 0 Å². The van der Waals surface area contributed by atoms with Gasteiger partial charge in [-0.05, 0) is 38.0 Å². The molecule has 1 heterocycles. The molecule has 21 heavy (non-hydrogen) atoms. The van der Waals surface area contributed by atoms with Crippen LogP contribution in [0.1, 0.15) is 44.7 Å². The highest BCUT2D eigenvalue weighted by Gasteiger charge is 1.98. The molecule has 0 bridgehead atoms. The fourth-order valence-electron chi connectivity index (χ4n) is 1.73. The summed E-state index contributed by atoms with van der Waals surface area (Å²) in [5.41, 5.74) is 7.24. The molecular formula is C15H23N3O3. The number of allylic oxidation sites excluding steroid dienone is 3. The molecular weight excluding hydrogens is 270 g/mol. The summed E-state index contributed by atoms with van der Waals surface area (Å²) in [7, 11) is 0. The van der Waals surface area contributed by atoms with Gasteiger partial charge in [-0.1, -0.05) is 12.8 Å². The van der Waals surface area contributed by atoms with Crippen LogP contribution in [0.5, 0.6) is 0 Å². The number of hydrogen-bond donors (Lipinski definition) is 3. The average Bonchev–Trinajstić information content (AvgIpc) is 2.97. The van der Waals surface area contributed by atoms with Gasteiger partial charge in [-0.2, -0.15) is 5.10 Å². The first-order valence-electron chi connectivity index (χ1n) is 7.08. The van der Waals surface area contributed by atoms with Gasteiger partial charge in [0.1, 0.15) is 0 Å². The fourth-order valence-corrected chi connectivity index (χ4v) is 1.73. The van der Waals surface area contributed by atoms with E-state index in [0.717, 1.165) is 37.1 Å². The maximum Gasteiger partial charge on any atom is 0.303 e. The second-order valence-corrected chi connectivity index (χ2v) is 4.78. The van der Waals surface area contributed by atoms with Crippen LogP contribution in [-0.4, -0.2) is 27.9 Å². The van der Waals surface area contributed by atoms with E-state index in [1.54, 1.807) is 18.3 Å². The summed E-state index contributed by atoms with van der Waals surface area (Å²) in [6.45, 7) is 2.51. The molecule has 6 heteroatoms. The molecule has 1 aromatic heterocycles. The fraction of sp³-hybridized carbons (Fsp3) is 0.467. The standard InChI is InChI=1S/C15H23N3O3/c1-12(7-8-13(16)14-9-10-17-18-14)21-11-5-3-2-4-6-15(19)20/h7-10H,2-6,11,16H2,1H3,(H,17,18)(H,19,20)/b12-7+,13-8-. The largest absolute Gasteiger partial charge is 0.498 e. The lowest BCUT2D eigenvalue weighted by atomic mass is 10.1. The molecule has 0 aliphatic carbocycles. The van der Waals surface area contributed by atoms with E-state index in [1.165, 1.54) is 0 Å². The second-order valence-electron chi connectivity index (χ2n) is 4.78. The molecule has 0 aliphatic rings. The summed E-state index contributed by atoms with van der Waals surface area (Å²) in [4.78, 5) is 10.3. The number of aromatic nitrogens is 2. The van der Waals surface area contributed by atoms with E-state index in [9.17, 15) is 4.79 Å². The normalized spacial score (nSPS) is 12.4. The molecule has 0 fully saturated rings. The zero-order valence-corrected chi connectivity index (χ0v) is 12.3. The maximum absolute atomic E-state index is 10.3. The van der Waals surface area contributed by atoms with Crippen LogP contribution < -0.4 is 5.73 Å². The van der Waals surface area contributed by atoms with Crippen molar-refractivity contribution in [2.75, 3.05) is 6.61 Å². The predicted molar refractivity (Wildman–Crippen MR) is 81.2 cm³/mol. The summed E-state index contributed by atoms with van der Waals surface area (Å²) in [5.74, 6) is 0.0645. The van der Waals surface area contributed by atoms with Gasteiger partial charge >= 0.3 is 5.97 Å². The Hall–Kier alpha value is -2.24. The van der Waals surface area contributed by atoms with Gasteiger partial charge in [0.15, 0.2) is 0 Å². The summed E-state index contributed by atoms with van der Waals surface area (Å²) < 4.78 is 5.56. The van der Waals surface area contributed by atoms with Crippen molar-refractivity contribution in [1.82, 2.24) is 10.2 Å². The Kier molecular flexibility index (Phi) is 7.71. The Morgan fingerprint density at radius 1 is 1.38 bits per heavy atom. The Morgan fingerprint density at radius 2 is 2.14 bits per heavy atom. The van der Waals surface area contributed by atoms with Gasteiger partial charge in [0.25, 0.3) is 0 Å². The highest BCUT2D eigenvalue weighted by atomic mass is 16.5. The first-order valence-corrected chi connectivity index (χ1v) is 7.08. The van der Waals surface area contributed by atoms with E-state index in [2.05, 4.69) is 10.2 Å². The molecule has 0 atom stereocenters. The molecule has 0 saturated heterocycles. The average molecular weight is 293 g/mol. The van der Waals surface area contributed by atoms with E-state index in [4.69, 9.17) is 15.6 Å². The Morgan fingerprint density at radius 3 is 2.81 bits per heavy atom. The number of unbranched alkanes of at least 4 members (excludes halogenated alkanes) is 3. The van der Waals surface area contributed by atoms with Crippen molar-refractivity contribution in [3.63, 3.8) is 0 Å². The predicted octanol–water partition coefficient (Wildman–Crippen LogP) is 2.66. The number of aromatic amines is 1. The Balaban J connectivity index is 2.16. The number of aliphatic carboxylic acids is 1. The van der Waals surface area contributed by atoms with E-state index < -0.39 is 5.97 Å². The summed E-state index contributed by atoms with van der Waals surface area (Å²) in [6.07, 6.45) is 9.04. The number of nitrogens with zero attached hydrogens (tertiary/aromatic N) is 1. The van der Waals surface area contributed by atoms with Crippen LogP contribution in [0.4, 0.5) is 0 Å². The molecule has 0 radical (unpaired) electrons. The zero-order valence-electron chi connectivity index (χ0n) is 12.3. The van der Waals surface area contributed by atoms with Gasteiger partial charge in [0.05, 0.1) is 23.8 Å². The molecule has 0 spiro atoms. The number of nitrogens with one attached hydrogen (secondary N) is 1. The topological polar surface area (TPSA) is 101 Å². The molecule has 0 aliphatic heterocycles. The van der Waals surface area contributed by atoms with Crippen molar-refractivity contribution in [1.29, 1.82) is 0 Å². The lowest BCUT2D eigenvalue weighted by molar-refractivity contribution is -0.137. The molecule has 6 nitrogen and oxygen atoms in total. The van der Waals surface area contributed by atoms with E-state index in [0.29, 0.717) is 12.3 Å². The van der Waals surface area contributed by atoms with E-state index in [1.807, 2.05) is 13.0 Å². The molecule has 1 aromatic rings. The highest BCUT2D eigenvalue weighted by Crippen LogP contribution is 2.07. The number of carboxylic acids is 1. The van der Waals surface area contributed by atoms with Crippen molar-refractivity contribution in [2.45, 2.75) is 39.0 Å². The van der Waals surface area contributed by atoms with Crippen molar-refractivity contribution in [3.05, 3.63) is 35.9 Å². The molecule has 116 valence electrons. The molecule has 0 unspecified atom stereocenters. The van der Waals surface area contributed by atoms with Gasteiger partial charge in [-0.15, -0.1) is 0 Å². The summed E-state index contributed by atoms with van der Waals surface area (Å²) >= 11 is 0. The third-order valence-electron chi connectivity index (χ3n) is 2.92. The minimum atomic E-state index is -0.730. The number of ether oxygens (including phenoxy) is 1. The quantitative estimate of drug-likeness (QED) is 0.350. The first kappa shape index (κ1) is 16.8. The number of nitrogens with two attached hydrogens (primary N) is 1. The van der Waals surface area contributed by atoms with Crippen molar-refractivity contribution in [3.8, 4) is 0 Å². The van der Waals surface area contributed by atoms with Crippen LogP contribution in [0.25, 0.3) is 5.70 Å². The monoisotopic (exact) mass is 293 g/mol. The second kappa shape index (κ2) is 9.63. The van der Waals surface area contributed by atoms with Gasteiger partial charge in [0.2, 0.25) is 0 Å². The molecule has 4 N–H and O–H groups in total. The Labute approximate surface area is 124 Å². The van der Waals surface area contributed by atoms with Crippen LogP contribution in [0.2, 0.25) is 0 Å². The Bertz CT molecular complexity index is 478. The van der Waals surface area contributed by atoms with Gasteiger partial charge < -0.3 is 15.6 Å². The third-order valence-corrected chi connectivity index (χ3v) is 2.92. The number of hydrogen-bond acceptors (Lipinski definition) is 4. The molecule has 0 saturated carbocycles. The lowest BCUT2D eigenvalue weighted by Gasteiger charge is -2.05. The minimum Gasteiger partial charge on any atom is -0.498 e. The zero-order chi connectivity index (χ0) is 15.5. The number of H-pyrrole nitrogens is 1. The molecule has 0 amide bonds. The first-order chi connectivity index (χ1) is 10.1. The van der Waals surface area contributed by atoms with Crippen LogP contribution in [0.15, 0.2) is 30.2 Å². The number of carbonyl (C=O) groups is 1. The van der Waals surface area contributed by atoms with Crippen LogP contribution in [0, 0.1) is 0 Å². The highest BCUT2D eigenvalue weighted by molar-refractivity contribution is 5.66. The third kappa shape index (κ3) is 7.81. The van der Waals surface area contributed by atoms with Crippen LogP contribution in [-0.2, 0) is 9.53 Å². The van der Waals surface area contributed by atoms with Gasteiger partial charge in [-0.3, -0.25) is 9.89 Å². The maximum atomic E-state index is 10.3. The van der Waals surface area contributed by atoms with Crippen molar-refractivity contribution < 1.29 is 14.6 Å². The lowest BCUT2D eigenvalue weighted by Crippen LogP contribution is -1.97. The van der Waals surface area contributed by atoms with Gasteiger partial charge in [0, 0.05) is 12.6 Å². The summed E-state index contributed by atoms with van der Waals surface area (Å²) in [6, 6.07) is 1.80. The SMILES string of the molecule is C/C(=C\C=C(/N)c1ccn[nH]1)OCCCCCCC(=O)O. The smallest absolute Gasteiger partial charge is 0.303 e. The van der Waals surface area contributed by atoms with Crippen LogP contribution >= 0.6 is 0 Å². The van der Waals surface area contributed by atoms with Crippen molar-refractivity contribution in [2.24, 2.45) is 5.73 Å². The van der Waals surface area contributed by atoms with Crippen molar-refractivity contribution >= 4 is 11.7 Å². The van der Waals surface area contributed by atoms with E-state index in [-0.39, 0.29) is 6.42 Å². The number of rotatable bonds is 10.